The van der Waals surface area contributed by atoms with Crippen LogP contribution in [0.3, 0.4) is 0 Å². The Morgan fingerprint density at radius 2 is 1.75 bits per heavy atom. The Bertz CT molecular complexity index is 1580. The molecule has 0 aliphatic carbocycles. The molecule has 1 fully saturated rings. The number of hydrogen-bond acceptors (Lipinski definition) is 7. The smallest absolute Gasteiger partial charge is 0.331 e. The van der Waals surface area contributed by atoms with Crippen LogP contribution in [0.1, 0.15) is 42.5 Å². The lowest BCUT2D eigenvalue weighted by molar-refractivity contribution is -0.130. The fourth-order valence-electron chi connectivity index (χ4n) is 4.61. The number of benzene rings is 3. The number of nitrogens with one attached hydrogen (secondary N) is 1. The number of barbiturate groups is 1. The summed E-state index contributed by atoms with van der Waals surface area (Å²) in [5, 5.41) is 2.87. The number of imide groups is 2. The zero-order valence-electron chi connectivity index (χ0n) is 25.0. The normalized spacial score (nSPS) is 14.0. The average Bonchev–Trinajstić information content (AvgIpc) is 3.00. The maximum atomic E-state index is 13.5. The minimum absolute atomic E-state index is 0.0786. The van der Waals surface area contributed by atoms with Crippen molar-refractivity contribution in [1.82, 2.24) is 10.2 Å². The van der Waals surface area contributed by atoms with Crippen LogP contribution in [0.25, 0.3) is 6.08 Å². The zero-order chi connectivity index (χ0) is 31.6. The second-order valence-electron chi connectivity index (χ2n) is 9.89. The number of nitrogens with zero attached hydrogens (tertiary/aromatic N) is 1. The van der Waals surface area contributed by atoms with E-state index in [1.54, 1.807) is 42.5 Å². The van der Waals surface area contributed by atoms with Crippen LogP contribution in [-0.2, 0) is 29.2 Å². The van der Waals surface area contributed by atoms with Gasteiger partial charge < -0.3 is 18.9 Å². The van der Waals surface area contributed by atoms with Crippen LogP contribution < -0.4 is 24.3 Å². The lowest BCUT2D eigenvalue weighted by atomic mass is 10.0. The van der Waals surface area contributed by atoms with Crippen LogP contribution >= 0.6 is 11.6 Å². The third kappa shape index (κ3) is 7.79. The summed E-state index contributed by atoms with van der Waals surface area (Å²) < 4.78 is 23.2. The first-order valence-corrected chi connectivity index (χ1v) is 14.6. The molecule has 44 heavy (non-hydrogen) atoms. The van der Waals surface area contributed by atoms with Gasteiger partial charge in [-0.05, 0) is 78.9 Å². The van der Waals surface area contributed by atoms with Gasteiger partial charge in [0.1, 0.15) is 12.2 Å². The Morgan fingerprint density at radius 3 is 2.45 bits per heavy atom. The summed E-state index contributed by atoms with van der Waals surface area (Å²) >= 11 is 6.11. The summed E-state index contributed by atoms with van der Waals surface area (Å²) in [5.41, 5.74) is 2.56. The highest BCUT2D eigenvalue weighted by Crippen LogP contribution is 2.36. The molecule has 1 N–H and O–H groups in total. The first-order chi connectivity index (χ1) is 21.3. The number of carbonyl (C=O) groups excluding carboxylic acids is 3. The Labute approximate surface area is 262 Å². The summed E-state index contributed by atoms with van der Waals surface area (Å²) in [4.78, 5) is 40.1. The van der Waals surface area contributed by atoms with Crippen LogP contribution in [0.5, 0.6) is 23.0 Å². The monoisotopic (exact) mass is 618 g/mol. The quantitative estimate of drug-likeness (QED) is 0.125. The van der Waals surface area contributed by atoms with E-state index in [4.69, 9.17) is 30.5 Å². The van der Waals surface area contributed by atoms with E-state index >= 15 is 0 Å². The molecule has 0 atom stereocenters. The van der Waals surface area contributed by atoms with E-state index in [0.717, 1.165) is 22.4 Å². The number of allylic oxidation sites excluding steroid dienone is 1. The SMILES string of the molecule is C=CCc1cc(/C=C2\C(=O)NC(=O)N(Cc3ccc(OCCC)c(OCC)c3)C2=O)cc(OC)c1OCc1cccc(Cl)c1. The first kappa shape index (κ1) is 32.2. The molecule has 0 saturated carbocycles. The maximum Gasteiger partial charge on any atom is 0.331 e. The second-order valence-corrected chi connectivity index (χ2v) is 10.3. The Hall–Kier alpha value is -4.76. The molecular weight excluding hydrogens is 584 g/mol. The number of ether oxygens (including phenoxy) is 4. The number of halogens is 1. The van der Waals surface area contributed by atoms with Crippen LogP contribution in [0.4, 0.5) is 4.79 Å². The molecule has 4 rings (SSSR count). The van der Waals surface area contributed by atoms with Crippen LogP contribution in [0.15, 0.2) is 72.8 Å². The van der Waals surface area contributed by atoms with Gasteiger partial charge in [0.25, 0.3) is 11.8 Å². The molecule has 1 aliphatic heterocycles. The fourth-order valence-corrected chi connectivity index (χ4v) is 4.82. The van der Waals surface area contributed by atoms with Crippen molar-refractivity contribution < 1.29 is 33.3 Å². The van der Waals surface area contributed by atoms with Crippen molar-refractivity contribution in [3.63, 3.8) is 0 Å². The molecule has 0 bridgehead atoms. The van der Waals surface area contributed by atoms with E-state index in [9.17, 15) is 14.4 Å². The van der Waals surface area contributed by atoms with Gasteiger partial charge in [-0.25, -0.2) is 4.79 Å². The molecule has 3 aromatic carbocycles. The molecular formula is C34H35ClN2O7. The zero-order valence-corrected chi connectivity index (χ0v) is 25.7. The van der Waals surface area contributed by atoms with Crippen molar-refractivity contribution in [2.75, 3.05) is 20.3 Å². The summed E-state index contributed by atoms with van der Waals surface area (Å²) in [6, 6.07) is 15.2. The highest BCUT2D eigenvalue weighted by atomic mass is 35.5. The lowest BCUT2D eigenvalue weighted by Gasteiger charge is -2.27. The first-order valence-electron chi connectivity index (χ1n) is 14.2. The summed E-state index contributed by atoms with van der Waals surface area (Å²) in [7, 11) is 1.50. The number of methoxy groups -OCH3 is 1. The van der Waals surface area contributed by atoms with Gasteiger partial charge in [-0.15, -0.1) is 6.58 Å². The molecule has 0 aromatic heterocycles. The van der Waals surface area contributed by atoms with Crippen molar-refractivity contribution in [1.29, 1.82) is 0 Å². The van der Waals surface area contributed by atoms with Crippen molar-refractivity contribution in [3.05, 3.63) is 100 Å². The summed E-state index contributed by atoms with van der Waals surface area (Å²) in [6.07, 6.45) is 4.41. The third-order valence-electron chi connectivity index (χ3n) is 6.62. The van der Waals surface area contributed by atoms with E-state index in [1.807, 2.05) is 32.0 Å². The van der Waals surface area contributed by atoms with Crippen LogP contribution in [-0.4, -0.2) is 43.1 Å². The molecule has 10 heteroatoms. The van der Waals surface area contributed by atoms with Gasteiger partial charge in [0.15, 0.2) is 23.0 Å². The van der Waals surface area contributed by atoms with E-state index in [2.05, 4.69) is 11.9 Å². The Kier molecular flexibility index (Phi) is 11.0. The highest BCUT2D eigenvalue weighted by Gasteiger charge is 2.36. The van der Waals surface area contributed by atoms with Gasteiger partial charge in [-0.3, -0.25) is 19.8 Å². The fraction of sp³-hybridized carbons (Fsp3) is 0.265. The standard InChI is InChI=1S/C34H35ClN2O7/c1-5-9-25-15-24(19-30(41-4)31(25)44-21-23-10-8-11-26(35)16-23)17-27-32(38)36-34(40)37(33(27)39)20-22-12-13-28(43-14-6-2)29(18-22)42-7-3/h5,8,10-13,15-19H,1,6-7,9,14,20-21H2,2-4H3,(H,36,38,40)/b27-17+. The third-order valence-corrected chi connectivity index (χ3v) is 6.85. The number of rotatable bonds is 14. The van der Waals surface area contributed by atoms with Gasteiger partial charge in [0, 0.05) is 10.6 Å². The molecule has 1 aliphatic rings. The molecule has 0 unspecified atom stereocenters. The van der Waals surface area contributed by atoms with Gasteiger partial charge in [0.05, 0.1) is 26.9 Å². The number of amides is 4. The van der Waals surface area contributed by atoms with Gasteiger partial charge >= 0.3 is 6.03 Å². The lowest BCUT2D eigenvalue weighted by Crippen LogP contribution is -2.53. The number of urea groups is 1. The van der Waals surface area contributed by atoms with E-state index in [0.29, 0.717) is 58.8 Å². The highest BCUT2D eigenvalue weighted by molar-refractivity contribution is 6.31. The molecule has 1 saturated heterocycles. The molecule has 3 aromatic rings. The van der Waals surface area contributed by atoms with Crippen molar-refractivity contribution in [2.24, 2.45) is 0 Å². The van der Waals surface area contributed by atoms with Gasteiger partial charge in [-0.1, -0.05) is 42.8 Å². The molecule has 0 spiro atoms. The van der Waals surface area contributed by atoms with Crippen molar-refractivity contribution in [2.45, 2.75) is 39.8 Å². The van der Waals surface area contributed by atoms with Gasteiger partial charge in [0.2, 0.25) is 0 Å². The topological polar surface area (TPSA) is 103 Å². The maximum absolute atomic E-state index is 13.5. The molecule has 230 valence electrons. The minimum atomic E-state index is -0.809. The Balaban J connectivity index is 1.62. The van der Waals surface area contributed by atoms with Crippen LogP contribution in [0, 0.1) is 0 Å². The minimum Gasteiger partial charge on any atom is -0.493 e. The molecule has 1 heterocycles. The largest absolute Gasteiger partial charge is 0.493 e. The number of hydrogen-bond donors (Lipinski definition) is 1. The number of carbonyl (C=O) groups is 3. The predicted molar refractivity (Wildman–Crippen MR) is 168 cm³/mol. The van der Waals surface area contributed by atoms with Crippen LogP contribution in [0.2, 0.25) is 5.02 Å². The molecule has 9 nitrogen and oxygen atoms in total. The average molecular weight is 619 g/mol. The predicted octanol–water partition coefficient (Wildman–Crippen LogP) is 6.51. The summed E-state index contributed by atoms with van der Waals surface area (Å²) in [5.74, 6) is 0.473. The second kappa shape index (κ2) is 15.1. The van der Waals surface area contributed by atoms with E-state index < -0.39 is 17.8 Å². The van der Waals surface area contributed by atoms with Crippen molar-refractivity contribution >= 4 is 35.5 Å². The van der Waals surface area contributed by atoms with E-state index in [1.165, 1.54) is 13.2 Å². The van der Waals surface area contributed by atoms with Crippen molar-refractivity contribution in [3.8, 4) is 23.0 Å². The van der Waals surface area contributed by atoms with Gasteiger partial charge in [-0.2, -0.15) is 0 Å². The molecule has 0 radical (unpaired) electrons. The Morgan fingerprint density at radius 1 is 0.932 bits per heavy atom. The molecule has 4 amide bonds. The summed E-state index contributed by atoms with van der Waals surface area (Å²) in [6.45, 7) is 8.80. The van der Waals surface area contributed by atoms with E-state index in [-0.39, 0.29) is 18.7 Å².